The maximum Gasteiger partial charge on any atom is 0.242 e. The van der Waals surface area contributed by atoms with E-state index in [0.717, 1.165) is 38.3 Å². The Morgan fingerprint density at radius 1 is 1.28 bits per heavy atom. The molecule has 1 fully saturated rings. The molecule has 2 unspecified atom stereocenters. The Morgan fingerprint density at radius 3 is 2.62 bits per heavy atom. The van der Waals surface area contributed by atoms with Crippen LogP contribution in [0.4, 0.5) is 5.82 Å². The number of aromatic nitrogens is 1. The van der Waals surface area contributed by atoms with E-state index in [1.165, 1.54) is 0 Å². The zero-order chi connectivity index (χ0) is 20.6. The van der Waals surface area contributed by atoms with E-state index < -0.39 is 6.10 Å². The standard InChI is InChI=1S/C21H30N4O4/c1-3-19(21(27)22-20-13-16(2)29-23-20)25-11-9-24(10-12-25)14-17(26)15-28-18-7-5-4-6-8-18/h4-8,13,17,19,26H,3,9-12,14-15H2,1-2H3,(H,22,23,27). The van der Waals surface area contributed by atoms with E-state index in [-0.39, 0.29) is 18.6 Å². The number of aryl methyl sites for hydroxylation is 1. The minimum absolute atomic E-state index is 0.0643. The Kier molecular flexibility index (Phi) is 7.62. The maximum atomic E-state index is 12.6. The molecule has 8 heteroatoms. The highest BCUT2D eigenvalue weighted by atomic mass is 16.5. The molecule has 3 rings (SSSR count). The van der Waals surface area contributed by atoms with Crippen molar-refractivity contribution in [2.45, 2.75) is 32.4 Å². The van der Waals surface area contributed by atoms with Gasteiger partial charge in [-0.2, -0.15) is 0 Å². The summed E-state index contributed by atoms with van der Waals surface area (Å²) in [6.07, 6.45) is 0.165. The van der Waals surface area contributed by atoms with Gasteiger partial charge in [0.1, 0.15) is 24.2 Å². The second kappa shape index (κ2) is 10.4. The van der Waals surface area contributed by atoms with E-state index in [4.69, 9.17) is 9.26 Å². The lowest BCUT2D eigenvalue weighted by Gasteiger charge is -2.38. The van der Waals surface area contributed by atoms with Gasteiger partial charge in [-0.15, -0.1) is 0 Å². The van der Waals surface area contributed by atoms with Gasteiger partial charge in [0.05, 0.1) is 6.04 Å². The number of aliphatic hydroxyl groups is 1. The Balaban J connectivity index is 1.41. The van der Waals surface area contributed by atoms with Crippen LogP contribution < -0.4 is 10.1 Å². The molecule has 2 N–H and O–H groups in total. The number of amides is 1. The highest BCUT2D eigenvalue weighted by molar-refractivity contribution is 5.94. The van der Waals surface area contributed by atoms with Crippen LogP contribution in [0.1, 0.15) is 19.1 Å². The van der Waals surface area contributed by atoms with Crippen LogP contribution in [0.2, 0.25) is 0 Å². The van der Waals surface area contributed by atoms with Gasteiger partial charge in [-0.05, 0) is 25.5 Å². The highest BCUT2D eigenvalue weighted by Gasteiger charge is 2.28. The van der Waals surface area contributed by atoms with Crippen molar-refractivity contribution >= 4 is 11.7 Å². The van der Waals surface area contributed by atoms with Crippen LogP contribution in [-0.2, 0) is 4.79 Å². The molecule has 0 saturated carbocycles. The molecule has 29 heavy (non-hydrogen) atoms. The van der Waals surface area contributed by atoms with Gasteiger partial charge >= 0.3 is 0 Å². The quantitative estimate of drug-likeness (QED) is 0.660. The number of piperazine rings is 1. The molecule has 0 spiro atoms. The lowest BCUT2D eigenvalue weighted by molar-refractivity contribution is -0.122. The second-order valence-corrected chi connectivity index (χ2v) is 7.35. The van der Waals surface area contributed by atoms with E-state index in [0.29, 0.717) is 18.1 Å². The summed E-state index contributed by atoms with van der Waals surface area (Å²) in [5.74, 6) is 1.81. The first-order valence-corrected chi connectivity index (χ1v) is 10.1. The van der Waals surface area contributed by atoms with Crippen molar-refractivity contribution in [2.75, 3.05) is 44.6 Å². The average Bonchev–Trinajstić information content (AvgIpc) is 3.13. The Morgan fingerprint density at radius 2 is 2.00 bits per heavy atom. The molecule has 1 aromatic carbocycles. The second-order valence-electron chi connectivity index (χ2n) is 7.35. The number of para-hydroxylation sites is 1. The SMILES string of the molecule is CCC(C(=O)Nc1cc(C)on1)N1CCN(CC(O)COc2ccccc2)CC1. The fraction of sp³-hybridized carbons (Fsp3) is 0.524. The molecule has 1 aliphatic rings. The zero-order valence-electron chi connectivity index (χ0n) is 17.1. The summed E-state index contributed by atoms with van der Waals surface area (Å²) in [5.41, 5.74) is 0. The van der Waals surface area contributed by atoms with Gasteiger partial charge in [-0.1, -0.05) is 30.3 Å². The number of aliphatic hydroxyl groups excluding tert-OH is 1. The molecule has 1 saturated heterocycles. The number of hydrogen-bond donors (Lipinski definition) is 2. The van der Waals surface area contributed by atoms with E-state index in [2.05, 4.69) is 20.3 Å². The lowest BCUT2D eigenvalue weighted by Crippen LogP contribution is -2.54. The Hall–Kier alpha value is -2.42. The van der Waals surface area contributed by atoms with E-state index in [1.807, 2.05) is 37.3 Å². The Labute approximate surface area is 171 Å². The topological polar surface area (TPSA) is 91.1 Å². The monoisotopic (exact) mass is 402 g/mol. The summed E-state index contributed by atoms with van der Waals surface area (Å²) in [5, 5.41) is 16.9. The molecular formula is C21H30N4O4. The summed E-state index contributed by atoms with van der Waals surface area (Å²) in [6, 6.07) is 11.0. The first kappa shape index (κ1) is 21.3. The third-order valence-corrected chi connectivity index (χ3v) is 5.07. The number of nitrogens with one attached hydrogen (secondary N) is 1. The predicted octanol–water partition coefficient (Wildman–Crippen LogP) is 1.76. The van der Waals surface area contributed by atoms with Crippen molar-refractivity contribution in [1.82, 2.24) is 15.0 Å². The van der Waals surface area contributed by atoms with Crippen molar-refractivity contribution in [3.8, 4) is 5.75 Å². The summed E-state index contributed by atoms with van der Waals surface area (Å²) < 4.78 is 10.6. The summed E-state index contributed by atoms with van der Waals surface area (Å²) in [7, 11) is 0. The molecule has 2 atom stereocenters. The van der Waals surface area contributed by atoms with Crippen LogP contribution in [0.25, 0.3) is 0 Å². The van der Waals surface area contributed by atoms with Gasteiger partial charge < -0.3 is 19.7 Å². The largest absolute Gasteiger partial charge is 0.491 e. The normalized spacial score (nSPS) is 17.6. The number of anilines is 1. The molecule has 0 bridgehead atoms. The number of carbonyl (C=O) groups excluding carboxylic acids is 1. The summed E-state index contributed by atoms with van der Waals surface area (Å²) >= 11 is 0. The molecule has 2 aromatic rings. The molecule has 1 amide bonds. The number of rotatable bonds is 9. The van der Waals surface area contributed by atoms with Crippen LogP contribution in [-0.4, -0.2) is 77.4 Å². The molecule has 158 valence electrons. The number of ether oxygens (including phenoxy) is 1. The summed E-state index contributed by atoms with van der Waals surface area (Å²) in [4.78, 5) is 17.0. The molecule has 0 aliphatic carbocycles. The number of hydrogen-bond acceptors (Lipinski definition) is 7. The lowest BCUT2D eigenvalue weighted by atomic mass is 10.1. The molecule has 1 aliphatic heterocycles. The number of nitrogens with zero attached hydrogens (tertiary/aromatic N) is 3. The molecule has 8 nitrogen and oxygen atoms in total. The first-order valence-electron chi connectivity index (χ1n) is 10.1. The van der Waals surface area contributed by atoms with E-state index in [1.54, 1.807) is 13.0 Å². The van der Waals surface area contributed by atoms with Crippen molar-refractivity contribution in [2.24, 2.45) is 0 Å². The van der Waals surface area contributed by atoms with Crippen LogP contribution in [0.15, 0.2) is 40.9 Å². The smallest absolute Gasteiger partial charge is 0.242 e. The van der Waals surface area contributed by atoms with Crippen molar-refractivity contribution in [3.63, 3.8) is 0 Å². The fourth-order valence-corrected chi connectivity index (χ4v) is 3.56. The number of carbonyl (C=O) groups is 1. The van der Waals surface area contributed by atoms with Gasteiger partial charge in [-0.3, -0.25) is 14.6 Å². The average molecular weight is 402 g/mol. The summed E-state index contributed by atoms with van der Waals surface area (Å²) in [6.45, 7) is 7.77. The van der Waals surface area contributed by atoms with Crippen LogP contribution >= 0.6 is 0 Å². The van der Waals surface area contributed by atoms with E-state index in [9.17, 15) is 9.90 Å². The third kappa shape index (κ3) is 6.28. The maximum absolute atomic E-state index is 12.6. The fourth-order valence-electron chi connectivity index (χ4n) is 3.56. The van der Waals surface area contributed by atoms with Gasteiger partial charge in [0, 0.05) is 38.8 Å². The van der Waals surface area contributed by atoms with Gasteiger partial charge in [0.15, 0.2) is 5.82 Å². The number of β-amino-alcohol motifs (C(OH)–C–C–N with tert-alkyl or cyclic N) is 1. The van der Waals surface area contributed by atoms with E-state index >= 15 is 0 Å². The van der Waals surface area contributed by atoms with Gasteiger partial charge in [0.25, 0.3) is 0 Å². The van der Waals surface area contributed by atoms with Crippen LogP contribution in [0, 0.1) is 6.92 Å². The first-order chi connectivity index (χ1) is 14.0. The molecular weight excluding hydrogens is 372 g/mol. The van der Waals surface area contributed by atoms with Crippen LogP contribution in [0.3, 0.4) is 0 Å². The van der Waals surface area contributed by atoms with Crippen molar-refractivity contribution in [1.29, 1.82) is 0 Å². The van der Waals surface area contributed by atoms with Gasteiger partial charge in [-0.25, -0.2) is 0 Å². The van der Waals surface area contributed by atoms with Crippen LogP contribution in [0.5, 0.6) is 5.75 Å². The predicted molar refractivity (Wildman–Crippen MR) is 110 cm³/mol. The zero-order valence-corrected chi connectivity index (χ0v) is 17.1. The minimum Gasteiger partial charge on any atom is -0.491 e. The molecule has 2 heterocycles. The van der Waals surface area contributed by atoms with Gasteiger partial charge in [0.2, 0.25) is 5.91 Å². The number of benzene rings is 1. The van der Waals surface area contributed by atoms with Crippen molar-refractivity contribution in [3.05, 3.63) is 42.2 Å². The highest BCUT2D eigenvalue weighted by Crippen LogP contribution is 2.14. The molecule has 1 aromatic heterocycles. The van der Waals surface area contributed by atoms with Crippen molar-refractivity contribution < 1.29 is 19.2 Å². The minimum atomic E-state index is -0.553. The Bertz CT molecular complexity index is 759. The molecule has 0 radical (unpaired) electrons. The third-order valence-electron chi connectivity index (χ3n) is 5.07.